The normalized spacial score (nSPS) is 17.4. The fourth-order valence-electron chi connectivity index (χ4n) is 1.99. The smallest absolute Gasteiger partial charge is 0.126 e. The SMILES string of the molecule is CC(CNCc1cc(F)cc(F)c1)C1CC1. The minimum absolute atomic E-state index is 0.507. The average molecular weight is 225 g/mol. The molecule has 16 heavy (non-hydrogen) atoms. The van der Waals surface area contributed by atoms with Gasteiger partial charge < -0.3 is 5.32 Å². The number of benzene rings is 1. The summed E-state index contributed by atoms with van der Waals surface area (Å²) in [6, 6.07) is 3.64. The molecule has 0 bridgehead atoms. The first-order valence-electron chi connectivity index (χ1n) is 5.81. The van der Waals surface area contributed by atoms with Gasteiger partial charge in [-0.25, -0.2) is 8.78 Å². The van der Waals surface area contributed by atoms with Crippen LogP contribution in [0.1, 0.15) is 25.3 Å². The highest BCUT2D eigenvalue weighted by molar-refractivity contribution is 5.17. The van der Waals surface area contributed by atoms with Crippen molar-refractivity contribution in [2.45, 2.75) is 26.3 Å². The Morgan fingerprint density at radius 3 is 2.44 bits per heavy atom. The molecule has 1 unspecified atom stereocenters. The molecular formula is C13H17F2N. The molecule has 0 saturated heterocycles. The quantitative estimate of drug-likeness (QED) is 0.812. The van der Waals surface area contributed by atoms with E-state index in [1.54, 1.807) is 0 Å². The molecule has 1 aromatic carbocycles. The lowest BCUT2D eigenvalue weighted by Gasteiger charge is -2.11. The highest BCUT2D eigenvalue weighted by atomic mass is 19.1. The fraction of sp³-hybridized carbons (Fsp3) is 0.538. The standard InChI is InChI=1S/C13H17F2N/c1-9(11-2-3-11)7-16-8-10-4-12(14)6-13(15)5-10/h4-6,9,11,16H,2-3,7-8H2,1H3. The van der Waals surface area contributed by atoms with Gasteiger partial charge in [-0.1, -0.05) is 6.92 Å². The van der Waals surface area contributed by atoms with Crippen LogP contribution in [0.5, 0.6) is 0 Å². The average Bonchev–Trinajstić information content (AvgIpc) is 2.98. The van der Waals surface area contributed by atoms with Gasteiger partial charge in [-0.15, -0.1) is 0 Å². The predicted molar refractivity (Wildman–Crippen MR) is 60.0 cm³/mol. The van der Waals surface area contributed by atoms with Crippen molar-refractivity contribution in [3.8, 4) is 0 Å². The van der Waals surface area contributed by atoms with Crippen LogP contribution >= 0.6 is 0 Å². The molecule has 88 valence electrons. The van der Waals surface area contributed by atoms with E-state index in [0.717, 1.165) is 18.5 Å². The molecule has 0 aromatic heterocycles. The second-order valence-corrected chi connectivity index (χ2v) is 4.72. The summed E-state index contributed by atoms with van der Waals surface area (Å²) >= 11 is 0. The Hall–Kier alpha value is -0.960. The van der Waals surface area contributed by atoms with E-state index in [2.05, 4.69) is 12.2 Å². The second kappa shape index (κ2) is 4.91. The van der Waals surface area contributed by atoms with Crippen molar-refractivity contribution in [1.29, 1.82) is 0 Å². The molecule has 1 N–H and O–H groups in total. The topological polar surface area (TPSA) is 12.0 Å². The van der Waals surface area contributed by atoms with Crippen LogP contribution in [0.3, 0.4) is 0 Å². The lowest BCUT2D eigenvalue weighted by Crippen LogP contribution is -2.21. The van der Waals surface area contributed by atoms with Crippen LogP contribution in [0.15, 0.2) is 18.2 Å². The highest BCUT2D eigenvalue weighted by Crippen LogP contribution is 2.36. The molecule has 1 fully saturated rings. The Balaban J connectivity index is 1.79. The van der Waals surface area contributed by atoms with Crippen molar-refractivity contribution in [2.24, 2.45) is 11.8 Å². The van der Waals surface area contributed by atoms with Gasteiger partial charge in [0.05, 0.1) is 0 Å². The Bertz CT molecular complexity index is 341. The Labute approximate surface area is 94.9 Å². The van der Waals surface area contributed by atoms with E-state index < -0.39 is 11.6 Å². The minimum Gasteiger partial charge on any atom is -0.312 e. The van der Waals surface area contributed by atoms with E-state index in [1.807, 2.05) is 0 Å². The monoisotopic (exact) mass is 225 g/mol. The van der Waals surface area contributed by atoms with E-state index >= 15 is 0 Å². The third-order valence-electron chi connectivity index (χ3n) is 3.14. The van der Waals surface area contributed by atoms with Crippen LogP contribution in [0.25, 0.3) is 0 Å². The zero-order chi connectivity index (χ0) is 11.5. The molecule has 1 aliphatic carbocycles. The largest absolute Gasteiger partial charge is 0.312 e. The maximum atomic E-state index is 12.9. The Morgan fingerprint density at radius 1 is 1.25 bits per heavy atom. The molecule has 0 radical (unpaired) electrons. The van der Waals surface area contributed by atoms with E-state index in [-0.39, 0.29) is 0 Å². The summed E-state index contributed by atoms with van der Waals surface area (Å²) in [5, 5.41) is 3.24. The van der Waals surface area contributed by atoms with E-state index in [1.165, 1.54) is 25.0 Å². The van der Waals surface area contributed by atoms with Crippen molar-refractivity contribution in [3.63, 3.8) is 0 Å². The van der Waals surface area contributed by atoms with Crippen molar-refractivity contribution in [1.82, 2.24) is 5.32 Å². The fourth-order valence-corrected chi connectivity index (χ4v) is 1.99. The lowest BCUT2D eigenvalue weighted by atomic mass is 10.1. The number of hydrogen-bond acceptors (Lipinski definition) is 1. The molecular weight excluding hydrogens is 208 g/mol. The molecule has 1 atom stereocenters. The number of hydrogen-bond donors (Lipinski definition) is 1. The maximum absolute atomic E-state index is 12.9. The number of rotatable bonds is 5. The van der Waals surface area contributed by atoms with Crippen LogP contribution < -0.4 is 5.32 Å². The molecule has 1 aromatic rings. The van der Waals surface area contributed by atoms with Gasteiger partial charge in [-0.05, 0) is 48.9 Å². The molecule has 2 rings (SSSR count). The summed E-state index contributed by atoms with van der Waals surface area (Å²) < 4.78 is 25.8. The van der Waals surface area contributed by atoms with Crippen molar-refractivity contribution in [3.05, 3.63) is 35.4 Å². The molecule has 3 heteroatoms. The highest BCUT2D eigenvalue weighted by Gasteiger charge is 2.27. The zero-order valence-corrected chi connectivity index (χ0v) is 9.47. The van der Waals surface area contributed by atoms with Crippen LogP contribution in [0, 0.1) is 23.5 Å². The Morgan fingerprint density at radius 2 is 1.88 bits per heavy atom. The first-order chi connectivity index (χ1) is 7.65. The van der Waals surface area contributed by atoms with Gasteiger partial charge in [-0.3, -0.25) is 0 Å². The van der Waals surface area contributed by atoms with Gasteiger partial charge in [0.2, 0.25) is 0 Å². The van der Waals surface area contributed by atoms with Gasteiger partial charge in [0, 0.05) is 12.6 Å². The van der Waals surface area contributed by atoms with Crippen molar-refractivity contribution in [2.75, 3.05) is 6.54 Å². The van der Waals surface area contributed by atoms with Gasteiger partial charge in [-0.2, -0.15) is 0 Å². The Kier molecular flexibility index (Phi) is 3.54. The number of halogens is 2. The van der Waals surface area contributed by atoms with Gasteiger partial charge in [0.25, 0.3) is 0 Å². The summed E-state index contributed by atoms with van der Waals surface area (Å²) in [7, 11) is 0. The van der Waals surface area contributed by atoms with E-state index in [4.69, 9.17) is 0 Å². The zero-order valence-electron chi connectivity index (χ0n) is 9.47. The molecule has 0 spiro atoms. The molecule has 1 aliphatic rings. The van der Waals surface area contributed by atoms with Gasteiger partial charge in [0.15, 0.2) is 0 Å². The molecule has 1 nitrogen and oxygen atoms in total. The summed E-state index contributed by atoms with van der Waals surface area (Å²) in [6.07, 6.45) is 2.66. The third-order valence-corrected chi connectivity index (χ3v) is 3.14. The third kappa shape index (κ3) is 3.27. The van der Waals surface area contributed by atoms with E-state index in [0.29, 0.717) is 18.0 Å². The molecule has 0 aliphatic heterocycles. The van der Waals surface area contributed by atoms with E-state index in [9.17, 15) is 8.78 Å². The second-order valence-electron chi connectivity index (χ2n) is 4.72. The summed E-state index contributed by atoms with van der Waals surface area (Å²) in [6.45, 7) is 3.67. The van der Waals surface area contributed by atoms with Crippen LogP contribution in [0.4, 0.5) is 8.78 Å². The molecule has 0 heterocycles. The first-order valence-corrected chi connectivity index (χ1v) is 5.81. The molecule has 1 saturated carbocycles. The summed E-state index contributed by atoms with van der Waals surface area (Å²) in [5.74, 6) is 0.509. The van der Waals surface area contributed by atoms with Crippen molar-refractivity contribution >= 4 is 0 Å². The van der Waals surface area contributed by atoms with Crippen LogP contribution in [-0.4, -0.2) is 6.54 Å². The molecule has 0 amide bonds. The first kappa shape index (κ1) is 11.5. The van der Waals surface area contributed by atoms with Gasteiger partial charge in [0.1, 0.15) is 11.6 Å². The minimum atomic E-state index is -0.507. The lowest BCUT2D eigenvalue weighted by molar-refractivity contribution is 0.460. The number of nitrogens with one attached hydrogen (secondary N) is 1. The van der Waals surface area contributed by atoms with Gasteiger partial charge >= 0.3 is 0 Å². The predicted octanol–water partition coefficient (Wildman–Crippen LogP) is 3.10. The maximum Gasteiger partial charge on any atom is 0.126 e. The van der Waals surface area contributed by atoms with Crippen LogP contribution in [-0.2, 0) is 6.54 Å². The summed E-state index contributed by atoms with van der Waals surface area (Å²) in [5.41, 5.74) is 0.667. The van der Waals surface area contributed by atoms with Crippen LogP contribution in [0.2, 0.25) is 0 Å². The summed E-state index contributed by atoms with van der Waals surface area (Å²) in [4.78, 5) is 0. The van der Waals surface area contributed by atoms with Crippen molar-refractivity contribution < 1.29 is 8.78 Å².